The molecule has 0 unspecified atom stereocenters. The number of hydrogen-bond acceptors (Lipinski definition) is 4. The molecule has 2 N–H and O–H groups in total. The first kappa shape index (κ1) is 16.9. The summed E-state index contributed by atoms with van der Waals surface area (Å²) in [6, 6.07) is 9.62. The normalized spacial score (nSPS) is 14.3. The van der Waals surface area contributed by atoms with E-state index in [4.69, 9.17) is 0 Å². The van der Waals surface area contributed by atoms with Gasteiger partial charge in [0, 0.05) is 30.4 Å². The quantitative estimate of drug-likeness (QED) is 0.886. The Morgan fingerprint density at radius 1 is 1.04 bits per heavy atom. The Kier molecular flexibility index (Phi) is 4.92. The van der Waals surface area contributed by atoms with Gasteiger partial charge in [-0.1, -0.05) is 12.8 Å². The van der Waals surface area contributed by atoms with Gasteiger partial charge < -0.3 is 10.6 Å². The maximum atomic E-state index is 12.2. The van der Waals surface area contributed by atoms with Crippen LogP contribution in [0, 0.1) is 0 Å². The number of benzene rings is 1. The second-order valence-corrected chi connectivity index (χ2v) is 6.17. The summed E-state index contributed by atoms with van der Waals surface area (Å²) in [5.41, 5.74) is 0.975. The molecule has 1 aromatic carbocycles. The van der Waals surface area contributed by atoms with Crippen LogP contribution in [-0.2, 0) is 7.05 Å². The highest BCUT2D eigenvalue weighted by Gasteiger charge is 2.18. The summed E-state index contributed by atoms with van der Waals surface area (Å²) in [7, 11) is 1.48. The van der Waals surface area contributed by atoms with Gasteiger partial charge in [-0.15, -0.1) is 0 Å². The smallest absolute Gasteiger partial charge is 0.276 e. The molecule has 1 aliphatic carbocycles. The molecule has 1 aliphatic rings. The third-order valence-electron chi connectivity index (χ3n) is 4.29. The lowest BCUT2D eigenvalue weighted by molar-refractivity contribution is 0.0937. The number of hydrogen-bond donors (Lipinski definition) is 2. The molecule has 0 spiro atoms. The molecule has 7 nitrogen and oxygen atoms in total. The number of nitrogens with one attached hydrogen (secondary N) is 2. The molecule has 1 heterocycles. The molecular formula is C18H20N4O3. The van der Waals surface area contributed by atoms with Gasteiger partial charge in [0.2, 0.25) is 0 Å². The lowest BCUT2D eigenvalue weighted by atomic mass is 10.1. The van der Waals surface area contributed by atoms with Crippen LogP contribution in [0.2, 0.25) is 0 Å². The summed E-state index contributed by atoms with van der Waals surface area (Å²) in [6.07, 6.45) is 4.39. The van der Waals surface area contributed by atoms with Crippen molar-refractivity contribution in [3.05, 3.63) is 58.0 Å². The van der Waals surface area contributed by atoms with Gasteiger partial charge in [0.25, 0.3) is 17.4 Å². The lowest BCUT2D eigenvalue weighted by Crippen LogP contribution is -2.32. The number of aromatic nitrogens is 2. The van der Waals surface area contributed by atoms with E-state index in [0.717, 1.165) is 30.4 Å². The van der Waals surface area contributed by atoms with Crippen LogP contribution in [-0.4, -0.2) is 27.6 Å². The fourth-order valence-electron chi connectivity index (χ4n) is 2.86. The Hall–Kier alpha value is -2.96. The number of anilines is 1. The molecule has 3 rings (SSSR count). The van der Waals surface area contributed by atoms with Crippen LogP contribution >= 0.6 is 0 Å². The van der Waals surface area contributed by atoms with Crippen LogP contribution in [0.15, 0.2) is 41.2 Å². The summed E-state index contributed by atoms with van der Waals surface area (Å²) in [5, 5.41) is 9.62. The molecule has 130 valence electrons. The standard InChI is InChI=1S/C18H20N4O3/c1-22-16(23)11-10-15(21-22)18(25)20-14-8-6-12(7-9-14)17(24)19-13-4-2-3-5-13/h6-11,13H,2-5H2,1H3,(H,19,24)(H,20,25). The Morgan fingerprint density at radius 3 is 2.36 bits per heavy atom. The molecule has 0 aliphatic heterocycles. The summed E-state index contributed by atoms with van der Waals surface area (Å²) in [5.74, 6) is -0.511. The van der Waals surface area contributed by atoms with Crippen molar-refractivity contribution in [3.63, 3.8) is 0 Å². The number of aryl methyl sites for hydroxylation is 1. The molecule has 1 fully saturated rings. The molecule has 0 atom stereocenters. The Labute approximate surface area is 145 Å². The summed E-state index contributed by atoms with van der Waals surface area (Å²) in [4.78, 5) is 35.7. The molecule has 7 heteroatoms. The van der Waals surface area contributed by atoms with Crippen molar-refractivity contribution in [2.24, 2.45) is 7.05 Å². The number of carbonyl (C=O) groups is 2. The van der Waals surface area contributed by atoms with Gasteiger partial charge >= 0.3 is 0 Å². The summed E-state index contributed by atoms with van der Waals surface area (Å²) >= 11 is 0. The molecule has 2 amide bonds. The Balaban J connectivity index is 1.63. The van der Waals surface area contributed by atoms with Crippen LogP contribution in [0.4, 0.5) is 5.69 Å². The van der Waals surface area contributed by atoms with Gasteiger partial charge in [0.05, 0.1) is 0 Å². The second-order valence-electron chi connectivity index (χ2n) is 6.17. The predicted octanol–water partition coefficient (Wildman–Crippen LogP) is 1.70. The highest BCUT2D eigenvalue weighted by molar-refractivity contribution is 6.03. The highest BCUT2D eigenvalue weighted by atomic mass is 16.2. The van der Waals surface area contributed by atoms with Crippen LogP contribution in [0.3, 0.4) is 0 Å². The van der Waals surface area contributed by atoms with E-state index in [2.05, 4.69) is 15.7 Å². The summed E-state index contributed by atoms with van der Waals surface area (Å²) < 4.78 is 1.10. The average molecular weight is 340 g/mol. The minimum absolute atomic E-state index is 0.0931. The van der Waals surface area contributed by atoms with Crippen LogP contribution in [0.5, 0.6) is 0 Å². The molecule has 0 radical (unpaired) electrons. The van der Waals surface area contributed by atoms with E-state index in [1.807, 2.05) is 0 Å². The van der Waals surface area contributed by atoms with E-state index in [9.17, 15) is 14.4 Å². The first-order valence-electron chi connectivity index (χ1n) is 8.29. The van der Waals surface area contributed by atoms with Gasteiger partial charge in [-0.25, -0.2) is 4.68 Å². The third kappa shape index (κ3) is 4.12. The van der Waals surface area contributed by atoms with Crippen molar-refractivity contribution < 1.29 is 9.59 Å². The number of rotatable bonds is 4. The topological polar surface area (TPSA) is 93.1 Å². The molecule has 1 aromatic heterocycles. The van der Waals surface area contributed by atoms with E-state index in [1.165, 1.54) is 19.2 Å². The van der Waals surface area contributed by atoms with Gasteiger partial charge in [-0.05, 0) is 43.2 Å². The molecule has 2 aromatic rings. The largest absolute Gasteiger partial charge is 0.349 e. The average Bonchev–Trinajstić information content (AvgIpc) is 3.11. The monoisotopic (exact) mass is 340 g/mol. The predicted molar refractivity (Wildman–Crippen MR) is 93.6 cm³/mol. The zero-order valence-electron chi connectivity index (χ0n) is 14.0. The molecule has 0 bridgehead atoms. The minimum atomic E-state index is -0.418. The van der Waals surface area contributed by atoms with Gasteiger partial charge in [0.1, 0.15) is 5.69 Å². The van der Waals surface area contributed by atoms with E-state index >= 15 is 0 Å². The molecular weight excluding hydrogens is 320 g/mol. The molecule has 25 heavy (non-hydrogen) atoms. The van der Waals surface area contributed by atoms with Crippen molar-refractivity contribution in [2.75, 3.05) is 5.32 Å². The maximum Gasteiger partial charge on any atom is 0.276 e. The van der Waals surface area contributed by atoms with Crippen molar-refractivity contribution in [1.29, 1.82) is 0 Å². The zero-order valence-corrected chi connectivity index (χ0v) is 14.0. The second kappa shape index (κ2) is 7.29. The van der Waals surface area contributed by atoms with E-state index < -0.39 is 5.91 Å². The number of carbonyl (C=O) groups excluding carboxylic acids is 2. The van der Waals surface area contributed by atoms with Gasteiger partial charge in [-0.3, -0.25) is 14.4 Å². The van der Waals surface area contributed by atoms with Crippen LogP contribution in [0.25, 0.3) is 0 Å². The van der Waals surface area contributed by atoms with Crippen molar-refractivity contribution in [2.45, 2.75) is 31.7 Å². The van der Waals surface area contributed by atoms with E-state index in [-0.39, 0.29) is 23.2 Å². The molecule has 1 saturated carbocycles. The first-order valence-corrected chi connectivity index (χ1v) is 8.29. The highest BCUT2D eigenvalue weighted by Crippen LogP contribution is 2.18. The van der Waals surface area contributed by atoms with E-state index in [1.54, 1.807) is 24.3 Å². The minimum Gasteiger partial charge on any atom is -0.349 e. The van der Waals surface area contributed by atoms with Gasteiger partial charge in [-0.2, -0.15) is 5.10 Å². The fourth-order valence-corrected chi connectivity index (χ4v) is 2.86. The number of amides is 2. The van der Waals surface area contributed by atoms with Gasteiger partial charge in [0.15, 0.2) is 0 Å². The summed E-state index contributed by atoms with van der Waals surface area (Å²) in [6.45, 7) is 0. The third-order valence-corrected chi connectivity index (χ3v) is 4.29. The van der Waals surface area contributed by atoms with Crippen LogP contribution in [0.1, 0.15) is 46.5 Å². The first-order chi connectivity index (χ1) is 12.0. The van der Waals surface area contributed by atoms with Crippen molar-refractivity contribution >= 4 is 17.5 Å². The zero-order chi connectivity index (χ0) is 17.8. The van der Waals surface area contributed by atoms with E-state index in [0.29, 0.717) is 11.3 Å². The molecule has 0 saturated heterocycles. The Bertz CT molecular complexity index is 836. The fraction of sp³-hybridized carbons (Fsp3) is 0.333. The lowest BCUT2D eigenvalue weighted by Gasteiger charge is -2.12. The van der Waals surface area contributed by atoms with Crippen LogP contribution < -0.4 is 16.2 Å². The number of nitrogens with zero attached hydrogens (tertiary/aromatic N) is 2. The van der Waals surface area contributed by atoms with Crippen molar-refractivity contribution in [1.82, 2.24) is 15.1 Å². The SMILES string of the molecule is Cn1nc(C(=O)Nc2ccc(C(=O)NC3CCCC3)cc2)ccc1=O. The van der Waals surface area contributed by atoms with Crippen molar-refractivity contribution in [3.8, 4) is 0 Å². The Morgan fingerprint density at radius 2 is 1.72 bits per heavy atom. The maximum absolute atomic E-state index is 12.2.